The first-order chi connectivity index (χ1) is 10.0. The van der Waals surface area contributed by atoms with E-state index in [0.29, 0.717) is 25.9 Å². The highest BCUT2D eigenvalue weighted by Crippen LogP contribution is 2.32. The first kappa shape index (κ1) is 15.8. The van der Waals surface area contributed by atoms with Crippen LogP contribution in [0.5, 0.6) is 0 Å². The average molecular weight is 355 g/mol. The van der Waals surface area contributed by atoms with Crippen LogP contribution < -0.4 is 5.32 Å². The molecule has 1 saturated heterocycles. The van der Waals surface area contributed by atoms with Gasteiger partial charge in [0.15, 0.2) is 0 Å². The number of hydrogen-bond acceptors (Lipinski definition) is 2. The first-order valence-corrected chi connectivity index (χ1v) is 7.83. The summed E-state index contributed by atoms with van der Waals surface area (Å²) in [5, 5.41) is 12.3. The second-order valence-electron chi connectivity index (χ2n) is 5.20. The molecular formula is C15H19BrN2O3. The maximum atomic E-state index is 12.3. The van der Waals surface area contributed by atoms with E-state index in [0.717, 1.165) is 16.5 Å². The molecule has 0 spiro atoms. The van der Waals surface area contributed by atoms with Crippen molar-refractivity contribution in [2.45, 2.75) is 38.3 Å². The molecule has 1 aromatic rings. The predicted molar refractivity (Wildman–Crippen MR) is 83.0 cm³/mol. The summed E-state index contributed by atoms with van der Waals surface area (Å²) in [4.78, 5) is 25.4. The molecule has 1 fully saturated rings. The summed E-state index contributed by atoms with van der Waals surface area (Å²) in [7, 11) is 0. The van der Waals surface area contributed by atoms with E-state index in [2.05, 4.69) is 21.2 Å². The summed E-state index contributed by atoms with van der Waals surface area (Å²) in [5.41, 5.74) is -0.0969. The number of carbonyl (C=O) groups is 2. The second kappa shape index (κ2) is 6.47. The second-order valence-corrected chi connectivity index (χ2v) is 6.05. The quantitative estimate of drug-likeness (QED) is 0.872. The van der Waals surface area contributed by atoms with Crippen molar-refractivity contribution in [3.8, 4) is 0 Å². The Labute approximate surface area is 132 Å². The van der Waals surface area contributed by atoms with E-state index in [1.54, 1.807) is 0 Å². The van der Waals surface area contributed by atoms with E-state index in [4.69, 9.17) is 0 Å². The van der Waals surface area contributed by atoms with Gasteiger partial charge in [-0.2, -0.15) is 0 Å². The molecular weight excluding hydrogens is 336 g/mol. The maximum Gasteiger partial charge on any atom is 0.329 e. The van der Waals surface area contributed by atoms with Gasteiger partial charge in [-0.1, -0.05) is 41.1 Å². The number of nitrogens with one attached hydrogen (secondary N) is 1. The summed E-state index contributed by atoms with van der Waals surface area (Å²) in [5.74, 6) is -0.918. The smallest absolute Gasteiger partial charge is 0.329 e. The fraction of sp³-hybridized carbons (Fsp3) is 0.467. The topological polar surface area (TPSA) is 69.6 Å². The molecule has 1 heterocycles. The third-order valence-corrected chi connectivity index (χ3v) is 4.88. The van der Waals surface area contributed by atoms with Gasteiger partial charge in [-0.05, 0) is 30.9 Å². The lowest BCUT2D eigenvalue weighted by molar-refractivity contribution is -0.148. The van der Waals surface area contributed by atoms with Gasteiger partial charge in [0.2, 0.25) is 0 Å². The van der Waals surface area contributed by atoms with Crippen molar-refractivity contribution in [2.75, 3.05) is 6.54 Å². The van der Waals surface area contributed by atoms with Crippen molar-refractivity contribution in [3.63, 3.8) is 0 Å². The number of rotatable bonds is 4. The highest BCUT2D eigenvalue weighted by atomic mass is 79.9. The highest BCUT2D eigenvalue weighted by molar-refractivity contribution is 9.10. The van der Waals surface area contributed by atoms with Crippen molar-refractivity contribution in [3.05, 3.63) is 34.3 Å². The van der Waals surface area contributed by atoms with Crippen LogP contribution in [-0.4, -0.2) is 34.1 Å². The molecule has 1 atom stereocenters. The van der Waals surface area contributed by atoms with Crippen molar-refractivity contribution in [1.82, 2.24) is 10.2 Å². The lowest BCUT2D eigenvalue weighted by Crippen LogP contribution is -2.55. The van der Waals surface area contributed by atoms with E-state index >= 15 is 0 Å². The van der Waals surface area contributed by atoms with E-state index in [1.165, 1.54) is 4.90 Å². The van der Waals surface area contributed by atoms with E-state index in [1.807, 2.05) is 31.2 Å². The molecule has 2 rings (SSSR count). The van der Waals surface area contributed by atoms with Gasteiger partial charge in [0.1, 0.15) is 5.54 Å². The summed E-state index contributed by atoms with van der Waals surface area (Å²) >= 11 is 3.43. The molecule has 0 saturated carbocycles. The number of carboxylic acid groups (broad SMARTS) is 1. The Bertz CT molecular complexity index is 549. The molecule has 0 radical (unpaired) electrons. The van der Waals surface area contributed by atoms with Crippen LogP contribution in [0, 0.1) is 0 Å². The number of carbonyl (C=O) groups excluding carboxylic acids is 1. The Kier molecular flexibility index (Phi) is 4.88. The van der Waals surface area contributed by atoms with Crippen LogP contribution in [0.3, 0.4) is 0 Å². The zero-order valence-electron chi connectivity index (χ0n) is 11.9. The fourth-order valence-electron chi connectivity index (χ4n) is 2.82. The van der Waals surface area contributed by atoms with Crippen molar-refractivity contribution in [2.24, 2.45) is 0 Å². The number of carboxylic acids is 1. The highest BCUT2D eigenvalue weighted by Gasteiger charge is 2.48. The Morgan fingerprint density at radius 1 is 1.43 bits per heavy atom. The molecule has 6 heteroatoms. The van der Waals surface area contributed by atoms with Gasteiger partial charge < -0.3 is 15.3 Å². The Morgan fingerprint density at radius 3 is 2.76 bits per heavy atom. The van der Waals surface area contributed by atoms with Crippen molar-refractivity contribution < 1.29 is 14.7 Å². The van der Waals surface area contributed by atoms with Gasteiger partial charge in [0.05, 0.1) is 0 Å². The largest absolute Gasteiger partial charge is 0.479 e. The van der Waals surface area contributed by atoms with Crippen LogP contribution in [0.1, 0.15) is 31.7 Å². The Morgan fingerprint density at radius 2 is 2.14 bits per heavy atom. The normalized spacial score (nSPS) is 21.3. The standard InChI is InChI=1S/C15H19BrN2O3/c1-2-15(13(19)20)8-5-9-18(15)14(21)17-10-11-6-3-4-7-12(11)16/h3-4,6-7H,2,5,8-10H2,1H3,(H,17,21)(H,19,20). The van der Waals surface area contributed by atoms with Crippen LogP contribution in [0.2, 0.25) is 0 Å². The monoisotopic (exact) mass is 354 g/mol. The zero-order valence-corrected chi connectivity index (χ0v) is 13.5. The third-order valence-electron chi connectivity index (χ3n) is 4.10. The third kappa shape index (κ3) is 3.05. The molecule has 21 heavy (non-hydrogen) atoms. The van der Waals surface area contributed by atoms with Crippen LogP contribution in [0.4, 0.5) is 4.79 Å². The minimum absolute atomic E-state index is 0.312. The van der Waals surface area contributed by atoms with Gasteiger partial charge in [-0.15, -0.1) is 0 Å². The summed E-state index contributed by atoms with van der Waals surface area (Å²) in [6, 6.07) is 7.31. The summed E-state index contributed by atoms with van der Waals surface area (Å²) < 4.78 is 0.923. The van der Waals surface area contributed by atoms with Crippen molar-refractivity contribution >= 4 is 27.9 Å². The number of amides is 2. The minimum Gasteiger partial charge on any atom is -0.479 e. The number of urea groups is 1. The van der Waals surface area contributed by atoms with E-state index in [9.17, 15) is 14.7 Å². The number of aliphatic carboxylic acids is 1. The molecule has 2 N–H and O–H groups in total. The number of likely N-dealkylation sites (tertiary alicyclic amines) is 1. The molecule has 114 valence electrons. The number of nitrogens with zero attached hydrogens (tertiary/aromatic N) is 1. The van der Waals surface area contributed by atoms with Gasteiger partial charge in [0.25, 0.3) is 0 Å². The molecule has 1 aliphatic rings. The van der Waals surface area contributed by atoms with E-state index < -0.39 is 11.5 Å². The van der Waals surface area contributed by atoms with Gasteiger partial charge >= 0.3 is 12.0 Å². The minimum atomic E-state index is -1.06. The lowest BCUT2D eigenvalue weighted by Gasteiger charge is -2.33. The first-order valence-electron chi connectivity index (χ1n) is 7.03. The maximum absolute atomic E-state index is 12.3. The molecule has 1 unspecified atom stereocenters. The van der Waals surface area contributed by atoms with E-state index in [-0.39, 0.29) is 6.03 Å². The summed E-state index contributed by atoms with van der Waals surface area (Å²) in [6.07, 6.45) is 1.66. The fourth-order valence-corrected chi connectivity index (χ4v) is 3.25. The molecule has 5 nitrogen and oxygen atoms in total. The molecule has 2 amide bonds. The number of halogens is 1. The van der Waals surface area contributed by atoms with Gasteiger partial charge in [-0.25, -0.2) is 9.59 Å². The molecule has 0 aliphatic carbocycles. The van der Waals surface area contributed by atoms with Gasteiger partial charge in [-0.3, -0.25) is 0 Å². The molecule has 1 aromatic carbocycles. The van der Waals surface area contributed by atoms with Crippen LogP contribution >= 0.6 is 15.9 Å². The molecule has 0 aromatic heterocycles. The van der Waals surface area contributed by atoms with Crippen molar-refractivity contribution in [1.29, 1.82) is 0 Å². The average Bonchev–Trinajstić information content (AvgIpc) is 2.91. The van der Waals surface area contributed by atoms with Gasteiger partial charge in [0, 0.05) is 17.6 Å². The molecule has 1 aliphatic heterocycles. The number of hydrogen-bond donors (Lipinski definition) is 2. The predicted octanol–water partition coefficient (Wildman–Crippen LogP) is 2.99. The number of benzene rings is 1. The zero-order chi connectivity index (χ0) is 15.5. The molecule has 0 bridgehead atoms. The van der Waals surface area contributed by atoms with Crippen LogP contribution in [0.25, 0.3) is 0 Å². The lowest BCUT2D eigenvalue weighted by atomic mass is 9.93. The van der Waals surface area contributed by atoms with Crippen LogP contribution in [-0.2, 0) is 11.3 Å². The SMILES string of the molecule is CCC1(C(=O)O)CCCN1C(=O)NCc1ccccc1Br. The Balaban J connectivity index is 2.06. The summed E-state index contributed by atoms with van der Waals surface area (Å²) in [6.45, 7) is 2.67. The Hall–Kier alpha value is -1.56. The van der Waals surface area contributed by atoms with Crippen LogP contribution in [0.15, 0.2) is 28.7 Å².